The summed E-state index contributed by atoms with van der Waals surface area (Å²) in [6.07, 6.45) is -0.212. The summed E-state index contributed by atoms with van der Waals surface area (Å²) in [4.78, 5) is 0. The molecule has 1 aliphatic rings. The average molecular weight is 694 g/mol. The Balaban J connectivity index is 1.04. The molecule has 7 aromatic carbocycles. The van der Waals surface area contributed by atoms with Crippen molar-refractivity contribution in [2.24, 2.45) is 0 Å². The van der Waals surface area contributed by atoms with Crippen molar-refractivity contribution in [2.45, 2.75) is 18.5 Å². The first-order chi connectivity index (χ1) is 25.3. The van der Waals surface area contributed by atoms with Crippen molar-refractivity contribution in [1.29, 1.82) is 0 Å². The Hall–Kier alpha value is -5.34. The molecule has 10 aromatic rings. The van der Waals surface area contributed by atoms with Crippen LogP contribution in [0.3, 0.4) is 0 Å². The summed E-state index contributed by atoms with van der Waals surface area (Å²) >= 11 is 3.72. The van der Waals surface area contributed by atoms with Gasteiger partial charge in [-0.1, -0.05) is 121 Å². The molecule has 0 spiro atoms. The van der Waals surface area contributed by atoms with Gasteiger partial charge in [-0.05, 0) is 47.0 Å². The van der Waals surface area contributed by atoms with Crippen LogP contribution in [-0.4, -0.2) is 0 Å². The van der Waals surface area contributed by atoms with Crippen LogP contribution in [0.1, 0.15) is 35.2 Å². The standard InChI is InChI=1S/C45H31N3OS2/c1-2-11-26(12-3-1)43-46-44(48-45(47-43)34-19-10-22-39-40(34)33-14-5-7-21-37(33)50-39)27-23-24-38-35(25-27)32-18-9-17-31(42(32)51-38)30-16-8-15-29-28-13-4-6-20-36(28)49-41(29)30/h1-25,43-48H. The predicted octanol–water partition coefficient (Wildman–Crippen LogP) is 12.2. The molecule has 0 radical (unpaired) electrons. The van der Waals surface area contributed by atoms with Gasteiger partial charge in [-0.2, -0.15) is 0 Å². The zero-order valence-corrected chi connectivity index (χ0v) is 29.0. The van der Waals surface area contributed by atoms with E-state index in [1.54, 1.807) is 0 Å². The van der Waals surface area contributed by atoms with Crippen LogP contribution in [0.2, 0.25) is 0 Å². The molecule has 0 amide bonds. The molecular formula is C45H31N3OS2. The molecule has 0 saturated carbocycles. The summed E-state index contributed by atoms with van der Waals surface area (Å²) in [5, 5.41) is 19.3. The lowest BCUT2D eigenvalue weighted by molar-refractivity contribution is 0.204. The van der Waals surface area contributed by atoms with Crippen molar-refractivity contribution in [3.63, 3.8) is 0 Å². The van der Waals surface area contributed by atoms with E-state index in [9.17, 15) is 0 Å². The molecule has 51 heavy (non-hydrogen) atoms. The highest BCUT2D eigenvalue weighted by molar-refractivity contribution is 7.26. The highest BCUT2D eigenvalue weighted by atomic mass is 32.1. The van der Waals surface area contributed by atoms with Crippen LogP contribution >= 0.6 is 22.7 Å². The fourth-order valence-corrected chi connectivity index (χ4v) is 10.4. The van der Waals surface area contributed by atoms with Gasteiger partial charge < -0.3 is 4.42 Å². The first-order valence-corrected chi connectivity index (χ1v) is 19.0. The van der Waals surface area contributed by atoms with Gasteiger partial charge in [0.25, 0.3) is 0 Å². The van der Waals surface area contributed by atoms with Crippen LogP contribution in [0.15, 0.2) is 156 Å². The first kappa shape index (κ1) is 29.4. The van der Waals surface area contributed by atoms with Gasteiger partial charge in [-0.15, -0.1) is 22.7 Å². The molecule has 0 aliphatic carbocycles. The van der Waals surface area contributed by atoms with Gasteiger partial charge in [0.15, 0.2) is 0 Å². The van der Waals surface area contributed by atoms with Crippen LogP contribution < -0.4 is 16.0 Å². The van der Waals surface area contributed by atoms with Crippen molar-refractivity contribution < 1.29 is 4.42 Å². The van der Waals surface area contributed by atoms with Crippen molar-refractivity contribution in [1.82, 2.24) is 16.0 Å². The highest BCUT2D eigenvalue weighted by Gasteiger charge is 2.31. The summed E-state index contributed by atoms with van der Waals surface area (Å²) in [6, 6.07) is 54.7. The molecule has 3 N–H and O–H groups in total. The molecule has 4 nitrogen and oxygen atoms in total. The predicted molar refractivity (Wildman–Crippen MR) is 215 cm³/mol. The van der Waals surface area contributed by atoms with E-state index in [1.807, 2.05) is 28.7 Å². The number of hydrogen-bond donors (Lipinski definition) is 3. The number of fused-ring (bicyclic) bond motifs is 9. The molecular weight excluding hydrogens is 663 g/mol. The van der Waals surface area contributed by atoms with Crippen LogP contribution in [0.25, 0.3) is 73.4 Å². The molecule has 244 valence electrons. The van der Waals surface area contributed by atoms with Crippen molar-refractivity contribution in [3.05, 3.63) is 168 Å². The van der Waals surface area contributed by atoms with E-state index in [0.29, 0.717) is 0 Å². The molecule has 4 heterocycles. The third kappa shape index (κ3) is 4.69. The third-order valence-electron chi connectivity index (χ3n) is 10.4. The van der Waals surface area contributed by atoms with E-state index in [2.05, 4.69) is 162 Å². The average Bonchev–Trinajstić information content (AvgIpc) is 3.89. The van der Waals surface area contributed by atoms with Crippen LogP contribution in [-0.2, 0) is 0 Å². The maximum absolute atomic E-state index is 6.48. The SMILES string of the molecule is c1ccc(C2NC(c3ccc4sc5c(-c6cccc7c6oc6ccccc67)cccc5c4c3)NC(c3cccc4sc5ccccc5c34)N2)cc1. The Morgan fingerprint density at radius 1 is 0.431 bits per heavy atom. The van der Waals surface area contributed by atoms with Gasteiger partial charge in [-0.3, -0.25) is 16.0 Å². The molecule has 1 fully saturated rings. The maximum atomic E-state index is 6.48. The lowest BCUT2D eigenvalue weighted by atomic mass is 9.98. The Morgan fingerprint density at radius 2 is 1.10 bits per heavy atom. The van der Waals surface area contributed by atoms with Gasteiger partial charge in [0.1, 0.15) is 11.2 Å². The minimum Gasteiger partial charge on any atom is -0.455 e. The highest BCUT2D eigenvalue weighted by Crippen LogP contribution is 2.45. The molecule has 1 saturated heterocycles. The number of hydrogen-bond acceptors (Lipinski definition) is 6. The van der Waals surface area contributed by atoms with E-state index in [1.165, 1.54) is 62.6 Å². The minimum absolute atomic E-state index is 0.0478. The smallest absolute Gasteiger partial charge is 0.143 e. The number of thiophene rings is 2. The second-order valence-electron chi connectivity index (χ2n) is 13.3. The topological polar surface area (TPSA) is 49.2 Å². The second-order valence-corrected chi connectivity index (χ2v) is 15.5. The Kier molecular flexibility index (Phi) is 6.69. The molecule has 6 heteroatoms. The molecule has 3 aromatic heterocycles. The summed E-state index contributed by atoms with van der Waals surface area (Å²) in [6.45, 7) is 0. The van der Waals surface area contributed by atoms with Crippen LogP contribution in [0.4, 0.5) is 0 Å². The molecule has 3 unspecified atom stereocenters. The lowest BCUT2D eigenvalue weighted by Gasteiger charge is -2.40. The fraction of sp³-hybridized carbons (Fsp3) is 0.0667. The number of rotatable bonds is 4. The maximum Gasteiger partial charge on any atom is 0.143 e. The summed E-state index contributed by atoms with van der Waals surface area (Å²) < 4.78 is 11.7. The second kappa shape index (κ2) is 11.6. The Bertz CT molecular complexity index is 2940. The van der Waals surface area contributed by atoms with Gasteiger partial charge in [0.05, 0.1) is 18.5 Å². The quantitative estimate of drug-likeness (QED) is 0.172. The third-order valence-corrected chi connectivity index (χ3v) is 12.8. The number of furan rings is 1. The van der Waals surface area contributed by atoms with Gasteiger partial charge in [0, 0.05) is 62.2 Å². The number of benzene rings is 7. The van der Waals surface area contributed by atoms with E-state index in [0.717, 1.165) is 27.5 Å². The van der Waals surface area contributed by atoms with Crippen LogP contribution in [0.5, 0.6) is 0 Å². The van der Waals surface area contributed by atoms with Gasteiger partial charge >= 0.3 is 0 Å². The van der Waals surface area contributed by atoms with Gasteiger partial charge in [-0.25, -0.2) is 0 Å². The Labute approximate surface area is 302 Å². The molecule has 1 aliphatic heterocycles. The van der Waals surface area contributed by atoms with Crippen molar-refractivity contribution in [3.8, 4) is 11.1 Å². The molecule has 3 atom stereocenters. The Morgan fingerprint density at radius 3 is 2.00 bits per heavy atom. The monoisotopic (exact) mass is 693 g/mol. The van der Waals surface area contributed by atoms with E-state index >= 15 is 0 Å². The van der Waals surface area contributed by atoms with Crippen molar-refractivity contribution in [2.75, 3.05) is 0 Å². The van der Waals surface area contributed by atoms with Gasteiger partial charge in [0.2, 0.25) is 0 Å². The zero-order chi connectivity index (χ0) is 33.5. The molecule has 11 rings (SSSR count). The summed E-state index contributed by atoms with van der Waals surface area (Å²) in [5.41, 5.74) is 7.89. The van der Waals surface area contributed by atoms with E-state index < -0.39 is 0 Å². The van der Waals surface area contributed by atoms with Crippen molar-refractivity contribution >= 4 is 85.0 Å². The van der Waals surface area contributed by atoms with Crippen LogP contribution in [0, 0.1) is 0 Å². The molecule has 0 bridgehead atoms. The van der Waals surface area contributed by atoms with E-state index in [4.69, 9.17) is 4.42 Å². The summed E-state index contributed by atoms with van der Waals surface area (Å²) in [7, 11) is 0. The number of para-hydroxylation sites is 2. The first-order valence-electron chi connectivity index (χ1n) is 17.4. The zero-order valence-electron chi connectivity index (χ0n) is 27.4. The lowest BCUT2D eigenvalue weighted by Crippen LogP contribution is -2.54. The fourth-order valence-electron chi connectivity index (χ4n) is 8.06. The van der Waals surface area contributed by atoms with E-state index in [-0.39, 0.29) is 18.5 Å². The normalized spacial score (nSPS) is 18.2. The number of nitrogens with one attached hydrogen (secondary N) is 3. The minimum atomic E-state index is -0.0894. The summed E-state index contributed by atoms with van der Waals surface area (Å²) in [5.74, 6) is 0. The largest absolute Gasteiger partial charge is 0.455 e.